The summed E-state index contributed by atoms with van der Waals surface area (Å²) in [6.45, 7) is 5.84. The van der Waals surface area contributed by atoms with Crippen LogP contribution in [-0.4, -0.2) is 62.9 Å². The van der Waals surface area contributed by atoms with Gasteiger partial charge in [-0.25, -0.2) is 0 Å². The number of rotatable bonds is 2. The van der Waals surface area contributed by atoms with E-state index in [1.54, 1.807) is 0 Å². The van der Waals surface area contributed by atoms with Gasteiger partial charge in [-0.1, -0.05) is 6.42 Å². The first-order valence-corrected chi connectivity index (χ1v) is 7.43. The fraction of sp³-hybridized carbons (Fsp3) is 1.00. The molecule has 2 saturated heterocycles. The van der Waals surface area contributed by atoms with Gasteiger partial charge in [0.25, 0.3) is 0 Å². The quantitative estimate of drug-likeness (QED) is 0.701. The first kappa shape index (κ1) is 12.9. The van der Waals surface area contributed by atoms with Crippen LogP contribution in [0.15, 0.2) is 0 Å². The summed E-state index contributed by atoms with van der Waals surface area (Å²) in [7, 11) is 2.32. The molecule has 0 N–H and O–H groups in total. The van der Waals surface area contributed by atoms with Crippen molar-refractivity contribution >= 4 is 0 Å². The number of quaternary nitrogens is 1. The number of likely N-dealkylation sites (N-methyl/N-ethyl adjacent to an activating group) is 1. The minimum absolute atomic E-state index is 0.214. The van der Waals surface area contributed by atoms with E-state index in [9.17, 15) is 0 Å². The van der Waals surface area contributed by atoms with Crippen LogP contribution in [0.4, 0.5) is 0 Å². The summed E-state index contributed by atoms with van der Waals surface area (Å²) in [6, 6.07) is 0. The van der Waals surface area contributed by atoms with Crippen LogP contribution in [0.5, 0.6) is 0 Å². The van der Waals surface area contributed by atoms with E-state index in [1.807, 2.05) is 0 Å². The lowest BCUT2D eigenvalue weighted by Gasteiger charge is -2.39. The fourth-order valence-electron chi connectivity index (χ4n) is 3.52. The van der Waals surface area contributed by atoms with Gasteiger partial charge in [0, 0.05) is 12.8 Å². The lowest BCUT2D eigenvalue weighted by atomic mass is 9.94. The van der Waals surface area contributed by atoms with Gasteiger partial charge in [-0.2, -0.15) is 0 Å². The highest BCUT2D eigenvalue weighted by molar-refractivity contribution is 4.82. The SMILES string of the molecule is C[N+]1(CC2COC3(CCCCC3)O2)CCOCC1. The molecule has 18 heavy (non-hydrogen) atoms. The molecule has 1 unspecified atom stereocenters. The molecule has 4 nitrogen and oxygen atoms in total. The third-order valence-corrected chi connectivity index (χ3v) is 4.72. The Bertz CT molecular complexity index is 283. The Balaban J connectivity index is 1.55. The molecule has 2 heterocycles. The Morgan fingerprint density at radius 1 is 1.11 bits per heavy atom. The van der Waals surface area contributed by atoms with E-state index in [-0.39, 0.29) is 11.9 Å². The van der Waals surface area contributed by atoms with E-state index < -0.39 is 0 Å². The van der Waals surface area contributed by atoms with Crippen molar-refractivity contribution in [2.75, 3.05) is 46.5 Å². The van der Waals surface area contributed by atoms with Gasteiger partial charge < -0.3 is 18.7 Å². The van der Waals surface area contributed by atoms with E-state index in [1.165, 1.54) is 19.3 Å². The zero-order valence-corrected chi connectivity index (χ0v) is 11.5. The third-order valence-electron chi connectivity index (χ3n) is 4.72. The van der Waals surface area contributed by atoms with Gasteiger partial charge in [-0.3, -0.25) is 0 Å². The average Bonchev–Trinajstić information content (AvgIpc) is 2.73. The van der Waals surface area contributed by atoms with Gasteiger partial charge in [0.15, 0.2) is 5.79 Å². The molecule has 104 valence electrons. The molecule has 1 saturated carbocycles. The molecule has 1 atom stereocenters. The highest BCUT2D eigenvalue weighted by Crippen LogP contribution is 2.38. The summed E-state index contributed by atoms with van der Waals surface area (Å²) in [5, 5.41) is 0. The summed E-state index contributed by atoms with van der Waals surface area (Å²) in [6.07, 6.45) is 6.32. The Labute approximate surface area is 110 Å². The average molecular weight is 256 g/mol. The van der Waals surface area contributed by atoms with Gasteiger partial charge in [0.2, 0.25) is 0 Å². The Hall–Kier alpha value is -0.160. The fourth-order valence-corrected chi connectivity index (χ4v) is 3.52. The molecule has 3 fully saturated rings. The molecule has 2 aliphatic heterocycles. The first-order valence-electron chi connectivity index (χ1n) is 7.43. The molecular formula is C14H26NO3+. The lowest BCUT2D eigenvalue weighted by molar-refractivity contribution is -0.919. The second-order valence-corrected chi connectivity index (χ2v) is 6.38. The van der Waals surface area contributed by atoms with Crippen molar-refractivity contribution < 1.29 is 18.7 Å². The minimum Gasteiger partial charge on any atom is -0.370 e. The van der Waals surface area contributed by atoms with Crippen LogP contribution >= 0.6 is 0 Å². The molecule has 1 aliphatic carbocycles. The number of nitrogens with zero attached hydrogens (tertiary/aromatic N) is 1. The van der Waals surface area contributed by atoms with Crippen molar-refractivity contribution in [1.82, 2.24) is 0 Å². The van der Waals surface area contributed by atoms with E-state index in [0.717, 1.165) is 56.8 Å². The van der Waals surface area contributed by atoms with E-state index in [2.05, 4.69) is 7.05 Å². The standard InChI is InChI=1S/C14H26NO3/c1-15(7-9-16-10-8-15)11-13-12-17-14(18-13)5-3-2-4-6-14/h13H,2-12H2,1H3/q+1. The zero-order valence-electron chi connectivity index (χ0n) is 11.5. The second-order valence-electron chi connectivity index (χ2n) is 6.38. The van der Waals surface area contributed by atoms with Crippen molar-refractivity contribution in [3.63, 3.8) is 0 Å². The van der Waals surface area contributed by atoms with Gasteiger partial charge in [-0.05, 0) is 12.8 Å². The van der Waals surface area contributed by atoms with E-state index in [0.29, 0.717) is 0 Å². The number of morpholine rings is 1. The Morgan fingerprint density at radius 3 is 2.56 bits per heavy atom. The summed E-state index contributed by atoms with van der Waals surface area (Å²) in [4.78, 5) is 0. The molecule has 0 radical (unpaired) electrons. The van der Waals surface area contributed by atoms with Gasteiger partial charge in [0.05, 0.1) is 26.9 Å². The van der Waals surface area contributed by atoms with Gasteiger partial charge in [0.1, 0.15) is 25.7 Å². The van der Waals surface area contributed by atoms with Crippen molar-refractivity contribution in [2.45, 2.75) is 44.0 Å². The first-order chi connectivity index (χ1) is 8.70. The maximum atomic E-state index is 6.28. The topological polar surface area (TPSA) is 27.7 Å². The van der Waals surface area contributed by atoms with Gasteiger partial charge in [-0.15, -0.1) is 0 Å². The van der Waals surface area contributed by atoms with Crippen LogP contribution in [0.1, 0.15) is 32.1 Å². The normalized spacial score (nSPS) is 34.8. The van der Waals surface area contributed by atoms with E-state index >= 15 is 0 Å². The monoisotopic (exact) mass is 256 g/mol. The maximum Gasteiger partial charge on any atom is 0.169 e. The van der Waals surface area contributed by atoms with Crippen LogP contribution in [-0.2, 0) is 14.2 Å². The molecule has 0 aromatic carbocycles. The van der Waals surface area contributed by atoms with E-state index in [4.69, 9.17) is 14.2 Å². The highest BCUT2D eigenvalue weighted by Gasteiger charge is 2.44. The van der Waals surface area contributed by atoms with Crippen LogP contribution in [0, 0.1) is 0 Å². The summed E-state index contributed by atoms with van der Waals surface area (Å²) in [5.74, 6) is -0.214. The molecule has 3 rings (SSSR count). The predicted octanol–water partition coefficient (Wildman–Crippen LogP) is 1.54. The second kappa shape index (κ2) is 5.08. The predicted molar refractivity (Wildman–Crippen MR) is 68.2 cm³/mol. The summed E-state index contributed by atoms with van der Waals surface area (Å²) in [5.41, 5.74) is 0. The molecular weight excluding hydrogens is 230 g/mol. The van der Waals surface area contributed by atoms with Crippen molar-refractivity contribution in [1.29, 1.82) is 0 Å². The lowest BCUT2D eigenvalue weighted by Crippen LogP contribution is -2.55. The molecule has 0 amide bonds. The maximum absolute atomic E-state index is 6.28. The van der Waals surface area contributed by atoms with Crippen molar-refractivity contribution in [2.24, 2.45) is 0 Å². The van der Waals surface area contributed by atoms with Crippen LogP contribution in [0.3, 0.4) is 0 Å². The molecule has 0 aromatic rings. The smallest absolute Gasteiger partial charge is 0.169 e. The Kier molecular flexibility index (Phi) is 3.63. The molecule has 4 heteroatoms. The zero-order chi connectivity index (χ0) is 12.5. The number of hydrogen-bond acceptors (Lipinski definition) is 3. The summed E-state index contributed by atoms with van der Waals surface area (Å²) >= 11 is 0. The Morgan fingerprint density at radius 2 is 1.83 bits per heavy atom. The third kappa shape index (κ3) is 2.72. The van der Waals surface area contributed by atoms with Crippen LogP contribution in [0.2, 0.25) is 0 Å². The number of hydrogen-bond donors (Lipinski definition) is 0. The largest absolute Gasteiger partial charge is 0.370 e. The molecule has 0 aromatic heterocycles. The molecule has 3 aliphatic rings. The van der Waals surface area contributed by atoms with Crippen molar-refractivity contribution in [3.05, 3.63) is 0 Å². The number of ether oxygens (including phenoxy) is 3. The molecule has 1 spiro atoms. The summed E-state index contributed by atoms with van der Waals surface area (Å²) < 4.78 is 18.8. The van der Waals surface area contributed by atoms with Crippen LogP contribution in [0.25, 0.3) is 0 Å². The van der Waals surface area contributed by atoms with Crippen LogP contribution < -0.4 is 0 Å². The highest BCUT2D eigenvalue weighted by atomic mass is 16.7. The molecule has 0 bridgehead atoms. The van der Waals surface area contributed by atoms with Crippen molar-refractivity contribution in [3.8, 4) is 0 Å². The van der Waals surface area contributed by atoms with Gasteiger partial charge >= 0.3 is 0 Å². The minimum atomic E-state index is -0.214.